The molecule has 2 aromatic rings. The third-order valence-corrected chi connectivity index (χ3v) is 4.29. The van der Waals surface area contributed by atoms with Crippen molar-refractivity contribution in [2.45, 2.75) is 19.5 Å². The van der Waals surface area contributed by atoms with E-state index < -0.39 is 0 Å². The van der Waals surface area contributed by atoms with Crippen LogP contribution in [-0.2, 0) is 6.54 Å². The average molecular weight is 404 g/mol. The number of methoxy groups -OCH3 is 3. The molecule has 0 saturated heterocycles. The minimum atomic E-state index is -0.299. The maximum Gasteiger partial charge on any atom is 0.315 e. The number of hydrogen-bond acceptors (Lipinski definition) is 6. The first kappa shape index (κ1) is 22.2. The van der Waals surface area contributed by atoms with Crippen LogP contribution in [0.25, 0.3) is 0 Å². The Morgan fingerprint density at radius 1 is 0.966 bits per heavy atom. The summed E-state index contributed by atoms with van der Waals surface area (Å²) in [6.45, 7) is 2.32. The van der Waals surface area contributed by atoms with Gasteiger partial charge in [-0.05, 0) is 42.3 Å². The normalized spacial score (nSPS) is 11.3. The van der Waals surface area contributed by atoms with E-state index in [2.05, 4.69) is 10.6 Å². The van der Waals surface area contributed by atoms with Crippen molar-refractivity contribution in [1.29, 1.82) is 0 Å². The zero-order chi connectivity index (χ0) is 21.2. The van der Waals surface area contributed by atoms with E-state index >= 15 is 0 Å². The largest absolute Gasteiger partial charge is 0.493 e. The highest BCUT2D eigenvalue weighted by Gasteiger charge is 2.13. The molecule has 0 aliphatic carbocycles. The second-order valence-corrected chi connectivity index (χ2v) is 6.22. The van der Waals surface area contributed by atoms with E-state index in [0.29, 0.717) is 29.5 Å². The van der Waals surface area contributed by atoms with Crippen molar-refractivity contribution in [1.82, 2.24) is 10.6 Å². The number of aliphatic hydroxyl groups excluding tert-OH is 1. The molecule has 0 bridgehead atoms. The summed E-state index contributed by atoms with van der Waals surface area (Å²) in [7, 11) is 4.68. The molecule has 1 unspecified atom stereocenters. The molecule has 0 radical (unpaired) electrons. The third-order valence-electron chi connectivity index (χ3n) is 4.29. The predicted octanol–water partition coefficient (Wildman–Crippen LogP) is 2.64. The molecule has 0 aliphatic heterocycles. The molecule has 0 saturated carbocycles. The van der Waals surface area contributed by atoms with Crippen molar-refractivity contribution in [3.8, 4) is 23.0 Å². The van der Waals surface area contributed by atoms with Crippen LogP contribution >= 0.6 is 0 Å². The van der Waals surface area contributed by atoms with Crippen LogP contribution in [0.2, 0.25) is 0 Å². The van der Waals surface area contributed by atoms with Crippen molar-refractivity contribution in [3.63, 3.8) is 0 Å². The number of carbonyl (C=O) groups is 1. The highest BCUT2D eigenvalue weighted by Crippen LogP contribution is 2.30. The first-order valence-electron chi connectivity index (χ1n) is 9.19. The Bertz CT molecular complexity index is 812. The Hall–Kier alpha value is -3.13. The Morgan fingerprint density at radius 2 is 1.62 bits per heavy atom. The summed E-state index contributed by atoms with van der Waals surface area (Å²) in [5.74, 6) is 2.32. The molecule has 0 aromatic heterocycles. The van der Waals surface area contributed by atoms with Crippen molar-refractivity contribution >= 4 is 6.03 Å². The van der Waals surface area contributed by atoms with Crippen LogP contribution < -0.4 is 29.6 Å². The van der Waals surface area contributed by atoms with Gasteiger partial charge in [0.2, 0.25) is 0 Å². The molecule has 0 aliphatic rings. The van der Waals surface area contributed by atoms with Crippen molar-refractivity contribution < 1.29 is 28.8 Å². The summed E-state index contributed by atoms with van der Waals surface area (Å²) in [6, 6.07) is 10.3. The molecule has 1 atom stereocenters. The second-order valence-electron chi connectivity index (χ2n) is 6.22. The van der Waals surface area contributed by atoms with Gasteiger partial charge < -0.3 is 34.7 Å². The van der Waals surface area contributed by atoms with E-state index in [-0.39, 0.29) is 25.3 Å². The highest BCUT2D eigenvalue weighted by molar-refractivity contribution is 5.74. The van der Waals surface area contributed by atoms with Crippen molar-refractivity contribution in [2.24, 2.45) is 0 Å². The predicted molar refractivity (Wildman–Crippen MR) is 109 cm³/mol. The van der Waals surface area contributed by atoms with Crippen molar-refractivity contribution in [2.75, 3.05) is 34.5 Å². The van der Waals surface area contributed by atoms with E-state index in [1.54, 1.807) is 39.5 Å². The minimum Gasteiger partial charge on any atom is -0.493 e. The number of benzene rings is 2. The maximum absolute atomic E-state index is 12.3. The molecule has 8 nitrogen and oxygen atoms in total. The summed E-state index contributed by atoms with van der Waals surface area (Å²) in [5.41, 5.74) is 1.75. The van der Waals surface area contributed by atoms with Gasteiger partial charge >= 0.3 is 6.03 Å². The van der Waals surface area contributed by atoms with E-state index in [1.807, 2.05) is 25.1 Å². The van der Waals surface area contributed by atoms with E-state index in [0.717, 1.165) is 11.1 Å². The molecule has 8 heteroatoms. The van der Waals surface area contributed by atoms with Crippen LogP contribution in [-0.4, -0.2) is 45.7 Å². The quantitative estimate of drug-likeness (QED) is 0.563. The highest BCUT2D eigenvalue weighted by atomic mass is 16.5. The maximum atomic E-state index is 12.3. The van der Waals surface area contributed by atoms with Gasteiger partial charge in [-0.1, -0.05) is 12.1 Å². The number of nitrogens with one attached hydrogen (secondary N) is 2. The minimum absolute atomic E-state index is 0.0803. The zero-order valence-corrected chi connectivity index (χ0v) is 17.2. The lowest BCUT2D eigenvalue weighted by atomic mass is 10.1. The monoisotopic (exact) mass is 404 g/mol. The molecular weight excluding hydrogens is 376 g/mol. The van der Waals surface area contributed by atoms with Gasteiger partial charge in [-0.3, -0.25) is 0 Å². The lowest BCUT2D eigenvalue weighted by molar-refractivity contribution is 0.196. The second kappa shape index (κ2) is 11.0. The van der Waals surface area contributed by atoms with Gasteiger partial charge in [0.15, 0.2) is 23.0 Å². The molecule has 2 aromatic carbocycles. The number of amides is 2. The Kier molecular flexibility index (Phi) is 8.42. The molecule has 0 heterocycles. The summed E-state index contributed by atoms with van der Waals surface area (Å²) in [4.78, 5) is 12.3. The fraction of sp³-hybridized carbons (Fsp3) is 0.381. The summed E-state index contributed by atoms with van der Waals surface area (Å²) in [5, 5.41) is 14.6. The number of rotatable bonds is 10. The van der Waals surface area contributed by atoms with Gasteiger partial charge in [0.1, 0.15) is 6.61 Å². The average Bonchev–Trinajstić information content (AvgIpc) is 2.75. The van der Waals surface area contributed by atoms with Gasteiger partial charge in [0.25, 0.3) is 0 Å². The van der Waals surface area contributed by atoms with Crippen LogP contribution in [0.15, 0.2) is 36.4 Å². The summed E-state index contributed by atoms with van der Waals surface area (Å²) >= 11 is 0. The van der Waals surface area contributed by atoms with E-state index in [9.17, 15) is 4.79 Å². The number of aliphatic hydroxyl groups is 1. The lowest BCUT2D eigenvalue weighted by Crippen LogP contribution is -2.36. The Balaban J connectivity index is 1.95. The van der Waals surface area contributed by atoms with Gasteiger partial charge in [-0.2, -0.15) is 0 Å². The molecule has 2 rings (SSSR count). The van der Waals surface area contributed by atoms with E-state index in [4.69, 9.17) is 24.1 Å². The zero-order valence-electron chi connectivity index (χ0n) is 17.2. The first-order chi connectivity index (χ1) is 14.0. The van der Waals surface area contributed by atoms with Crippen LogP contribution in [0.1, 0.15) is 24.1 Å². The fourth-order valence-corrected chi connectivity index (χ4v) is 2.73. The number of ether oxygens (including phenoxy) is 4. The topological polar surface area (TPSA) is 98.3 Å². The molecule has 2 amide bonds. The molecule has 158 valence electrons. The summed E-state index contributed by atoms with van der Waals surface area (Å²) < 4.78 is 21.2. The molecule has 29 heavy (non-hydrogen) atoms. The van der Waals surface area contributed by atoms with Gasteiger partial charge in [0, 0.05) is 6.54 Å². The first-order valence-corrected chi connectivity index (χ1v) is 9.19. The van der Waals surface area contributed by atoms with Crippen molar-refractivity contribution in [3.05, 3.63) is 47.5 Å². The SMILES string of the molecule is COc1ccc(CNC(=O)NC(C)c2ccc(OCCO)c(OC)c2)cc1OC. The molecule has 3 N–H and O–H groups in total. The third kappa shape index (κ3) is 6.18. The van der Waals surface area contributed by atoms with Gasteiger partial charge in [-0.15, -0.1) is 0 Å². The fourth-order valence-electron chi connectivity index (χ4n) is 2.73. The standard InChI is InChI=1S/C21H28N2O6/c1-14(16-6-8-18(29-10-9-24)20(12-16)28-4)23-21(25)22-13-15-5-7-17(26-2)19(11-15)27-3/h5-8,11-12,14,24H,9-10,13H2,1-4H3,(H2,22,23,25). The Labute approximate surface area is 170 Å². The number of hydrogen-bond donors (Lipinski definition) is 3. The molecular formula is C21H28N2O6. The van der Waals surface area contributed by atoms with Crippen LogP contribution in [0.4, 0.5) is 4.79 Å². The molecule has 0 fully saturated rings. The van der Waals surface area contributed by atoms with Gasteiger partial charge in [-0.25, -0.2) is 4.79 Å². The summed E-state index contributed by atoms with van der Waals surface area (Å²) in [6.07, 6.45) is 0. The lowest BCUT2D eigenvalue weighted by Gasteiger charge is -2.17. The smallest absolute Gasteiger partial charge is 0.315 e. The molecule has 0 spiro atoms. The Morgan fingerprint density at radius 3 is 2.28 bits per heavy atom. The van der Waals surface area contributed by atoms with Crippen LogP contribution in [0, 0.1) is 0 Å². The van der Waals surface area contributed by atoms with E-state index in [1.165, 1.54) is 0 Å². The van der Waals surface area contributed by atoms with Crippen LogP contribution in [0.3, 0.4) is 0 Å². The number of urea groups is 1. The number of carbonyl (C=O) groups excluding carboxylic acids is 1. The van der Waals surface area contributed by atoms with Gasteiger partial charge in [0.05, 0.1) is 34.0 Å². The van der Waals surface area contributed by atoms with Crippen LogP contribution in [0.5, 0.6) is 23.0 Å².